The van der Waals surface area contributed by atoms with Crippen molar-refractivity contribution in [1.82, 2.24) is 9.62 Å². The molecule has 1 fully saturated rings. The lowest BCUT2D eigenvalue weighted by Crippen LogP contribution is -2.51. The van der Waals surface area contributed by atoms with Gasteiger partial charge in [-0.25, -0.2) is 13.1 Å². The number of carbonyl (C=O) groups is 2. The van der Waals surface area contributed by atoms with E-state index in [1.807, 2.05) is 0 Å². The number of hydrogen-bond donors (Lipinski definition) is 2. The molecular weight excluding hydrogens is 272 g/mol. The van der Waals surface area contributed by atoms with Crippen molar-refractivity contribution < 1.29 is 23.1 Å². The first-order chi connectivity index (χ1) is 8.75. The van der Waals surface area contributed by atoms with Crippen molar-refractivity contribution in [2.45, 2.75) is 44.4 Å². The average Bonchev–Trinajstić information content (AvgIpc) is 2.37. The van der Waals surface area contributed by atoms with Crippen LogP contribution in [-0.4, -0.2) is 54.7 Å². The molecule has 0 aromatic heterocycles. The van der Waals surface area contributed by atoms with Gasteiger partial charge in [0.1, 0.15) is 0 Å². The molecule has 0 aromatic carbocycles. The molecule has 0 aromatic rings. The van der Waals surface area contributed by atoms with Gasteiger partial charge in [-0.05, 0) is 33.1 Å². The van der Waals surface area contributed by atoms with E-state index >= 15 is 0 Å². The Morgan fingerprint density at radius 2 is 1.68 bits per heavy atom. The average molecular weight is 292 g/mol. The van der Waals surface area contributed by atoms with E-state index < -0.39 is 27.3 Å². The number of aliphatic carboxylic acids is 1. The van der Waals surface area contributed by atoms with E-state index in [0.717, 1.165) is 26.2 Å². The highest BCUT2D eigenvalue weighted by molar-refractivity contribution is 7.90. The summed E-state index contributed by atoms with van der Waals surface area (Å²) >= 11 is 0. The number of piperidine rings is 1. The smallest absolute Gasteiger partial charge is 0.323 e. The van der Waals surface area contributed by atoms with Gasteiger partial charge in [-0.1, -0.05) is 0 Å². The zero-order chi connectivity index (χ0) is 14.6. The lowest BCUT2D eigenvalue weighted by molar-refractivity contribution is -0.136. The topological polar surface area (TPSA) is 104 Å². The van der Waals surface area contributed by atoms with Crippen molar-refractivity contribution in [1.29, 1.82) is 0 Å². The Bertz CT molecular complexity index is 442. The lowest BCUT2D eigenvalue weighted by Gasteiger charge is -2.29. The molecule has 1 aliphatic heterocycles. The molecule has 0 aliphatic carbocycles. The summed E-state index contributed by atoms with van der Waals surface area (Å²) < 4.78 is 25.5. The number of rotatable bonds is 5. The predicted octanol–water partition coefficient (Wildman–Crippen LogP) is -0.220. The minimum Gasteiger partial charge on any atom is -0.480 e. The molecule has 1 amide bonds. The van der Waals surface area contributed by atoms with Gasteiger partial charge in [-0.2, -0.15) is 0 Å². The van der Waals surface area contributed by atoms with Crippen molar-refractivity contribution in [2.75, 3.05) is 13.1 Å². The molecule has 0 spiro atoms. The van der Waals surface area contributed by atoms with Crippen LogP contribution in [0.5, 0.6) is 0 Å². The van der Waals surface area contributed by atoms with Gasteiger partial charge in [0.05, 0.1) is 6.04 Å². The third-order valence-corrected chi connectivity index (χ3v) is 5.01. The number of carbonyl (C=O) groups excluding carboxylic acids is 1. The second kappa shape index (κ2) is 6.33. The molecule has 1 rings (SSSR count). The summed E-state index contributed by atoms with van der Waals surface area (Å²) in [5.74, 6) is -1.74. The number of nitrogens with zero attached hydrogens (tertiary/aromatic N) is 1. The Morgan fingerprint density at radius 1 is 1.16 bits per heavy atom. The Balaban J connectivity index is 2.65. The van der Waals surface area contributed by atoms with Crippen molar-refractivity contribution in [3.05, 3.63) is 0 Å². The summed E-state index contributed by atoms with van der Waals surface area (Å²) in [6.45, 7) is 3.75. The van der Waals surface area contributed by atoms with Crippen LogP contribution in [0.1, 0.15) is 33.1 Å². The molecule has 110 valence electrons. The molecule has 2 N–H and O–H groups in total. The first-order valence-electron chi connectivity index (χ1n) is 6.28. The van der Waals surface area contributed by atoms with Crippen LogP contribution in [-0.2, 0) is 19.6 Å². The van der Waals surface area contributed by atoms with E-state index in [2.05, 4.69) is 4.72 Å². The van der Waals surface area contributed by atoms with E-state index in [-0.39, 0.29) is 5.91 Å². The minimum absolute atomic E-state index is 0.305. The van der Waals surface area contributed by atoms with E-state index in [1.165, 1.54) is 6.92 Å². The Labute approximate surface area is 113 Å². The maximum Gasteiger partial charge on any atom is 0.323 e. The van der Waals surface area contributed by atoms with E-state index in [0.29, 0.717) is 13.1 Å². The van der Waals surface area contributed by atoms with Gasteiger partial charge in [0.2, 0.25) is 15.9 Å². The van der Waals surface area contributed by atoms with Gasteiger partial charge >= 0.3 is 5.97 Å². The Kier molecular flexibility index (Phi) is 5.30. The molecule has 0 bridgehead atoms. The standard InChI is InChI=1S/C11H20N2O5S/c1-8(10(14)13-6-4-3-5-7-13)12-19(17,18)9(2)11(15)16/h8-9,12H,3-7H2,1-2H3,(H,15,16). The largest absolute Gasteiger partial charge is 0.480 e. The zero-order valence-corrected chi connectivity index (χ0v) is 11.9. The van der Waals surface area contributed by atoms with Gasteiger partial charge in [0, 0.05) is 13.1 Å². The van der Waals surface area contributed by atoms with E-state index in [9.17, 15) is 18.0 Å². The third-order valence-electron chi connectivity index (χ3n) is 3.19. The number of nitrogens with one attached hydrogen (secondary N) is 1. The quantitative estimate of drug-likeness (QED) is 0.729. The van der Waals surface area contributed by atoms with Crippen LogP contribution in [0.25, 0.3) is 0 Å². The molecule has 7 nitrogen and oxygen atoms in total. The maximum absolute atomic E-state index is 12.0. The first-order valence-corrected chi connectivity index (χ1v) is 7.83. The van der Waals surface area contributed by atoms with Crippen LogP contribution in [0.4, 0.5) is 0 Å². The lowest BCUT2D eigenvalue weighted by atomic mass is 10.1. The highest BCUT2D eigenvalue weighted by Crippen LogP contribution is 2.10. The molecule has 8 heteroatoms. The van der Waals surface area contributed by atoms with Crippen LogP contribution in [0.15, 0.2) is 0 Å². The SMILES string of the molecule is CC(NS(=O)(=O)C(C)C(=O)O)C(=O)N1CCCCC1. The van der Waals surface area contributed by atoms with Crippen LogP contribution in [0, 0.1) is 0 Å². The van der Waals surface area contributed by atoms with Crippen molar-refractivity contribution >= 4 is 21.9 Å². The second-order valence-electron chi connectivity index (χ2n) is 4.75. The van der Waals surface area contributed by atoms with Crippen molar-refractivity contribution in [3.63, 3.8) is 0 Å². The van der Waals surface area contributed by atoms with Gasteiger partial charge in [-0.15, -0.1) is 0 Å². The first kappa shape index (κ1) is 15.9. The second-order valence-corrected chi connectivity index (χ2v) is 6.78. The molecule has 1 aliphatic rings. The van der Waals surface area contributed by atoms with Crippen molar-refractivity contribution in [3.8, 4) is 0 Å². The zero-order valence-electron chi connectivity index (χ0n) is 11.1. The third kappa shape index (κ3) is 4.17. The Hall–Kier alpha value is -1.15. The van der Waals surface area contributed by atoms with Crippen LogP contribution in [0.2, 0.25) is 0 Å². The number of hydrogen-bond acceptors (Lipinski definition) is 4. The molecule has 2 atom stereocenters. The highest BCUT2D eigenvalue weighted by atomic mass is 32.2. The molecular formula is C11H20N2O5S. The van der Waals surface area contributed by atoms with Gasteiger partial charge in [0.15, 0.2) is 5.25 Å². The molecule has 0 saturated carbocycles. The maximum atomic E-state index is 12.0. The Morgan fingerprint density at radius 3 is 2.16 bits per heavy atom. The van der Waals surface area contributed by atoms with E-state index in [1.54, 1.807) is 4.90 Å². The van der Waals surface area contributed by atoms with Crippen LogP contribution >= 0.6 is 0 Å². The molecule has 2 unspecified atom stereocenters. The monoisotopic (exact) mass is 292 g/mol. The minimum atomic E-state index is -4.04. The molecule has 1 heterocycles. The number of carboxylic acids is 1. The number of likely N-dealkylation sites (tertiary alicyclic amines) is 1. The predicted molar refractivity (Wildman–Crippen MR) is 69.0 cm³/mol. The summed E-state index contributed by atoms with van der Waals surface area (Å²) in [6, 6.07) is -0.940. The molecule has 19 heavy (non-hydrogen) atoms. The van der Waals surface area contributed by atoms with Crippen molar-refractivity contribution in [2.24, 2.45) is 0 Å². The summed E-state index contributed by atoms with van der Waals surface area (Å²) in [4.78, 5) is 24.3. The van der Waals surface area contributed by atoms with Gasteiger partial charge < -0.3 is 10.0 Å². The number of carboxylic acid groups (broad SMARTS) is 1. The van der Waals surface area contributed by atoms with E-state index in [4.69, 9.17) is 5.11 Å². The summed E-state index contributed by atoms with van der Waals surface area (Å²) in [5, 5.41) is 7.12. The van der Waals surface area contributed by atoms with Gasteiger partial charge in [0.25, 0.3) is 0 Å². The summed E-state index contributed by atoms with van der Waals surface area (Å²) in [7, 11) is -4.04. The number of amides is 1. The summed E-state index contributed by atoms with van der Waals surface area (Å²) in [5.41, 5.74) is 0. The number of sulfonamides is 1. The highest BCUT2D eigenvalue weighted by Gasteiger charge is 2.32. The molecule has 0 radical (unpaired) electrons. The summed E-state index contributed by atoms with van der Waals surface area (Å²) in [6.07, 6.45) is 2.90. The normalized spacial score (nSPS) is 19.8. The fourth-order valence-electron chi connectivity index (χ4n) is 1.92. The molecule has 1 saturated heterocycles. The van der Waals surface area contributed by atoms with Crippen LogP contribution in [0.3, 0.4) is 0 Å². The van der Waals surface area contributed by atoms with Gasteiger partial charge in [-0.3, -0.25) is 9.59 Å². The van der Waals surface area contributed by atoms with Crippen LogP contribution < -0.4 is 4.72 Å². The fraction of sp³-hybridized carbons (Fsp3) is 0.818. The fourth-order valence-corrected chi connectivity index (χ4v) is 2.98.